The molecule has 2 aromatic carbocycles. The normalized spacial score (nSPS) is 15.8. The molecule has 0 aromatic heterocycles. The van der Waals surface area contributed by atoms with Gasteiger partial charge in [0, 0.05) is 5.02 Å². The van der Waals surface area contributed by atoms with E-state index in [1.807, 2.05) is 0 Å². The molecule has 0 radical (unpaired) electrons. The summed E-state index contributed by atoms with van der Waals surface area (Å²) in [6.45, 7) is 1.72. The van der Waals surface area contributed by atoms with Crippen LogP contribution in [0.2, 0.25) is 5.02 Å². The molecule has 7 nitrogen and oxygen atoms in total. The number of rotatable bonds is 3. The molecular weight excluding hydrogens is 452 g/mol. The molecule has 9 heteroatoms. The van der Waals surface area contributed by atoms with Crippen molar-refractivity contribution in [3.63, 3.8) is 0 Å². The molecule has 0 unspecified atom stereocenters. The highest BCUT2D eigenvalue weighted by Crippen LogP contribution is 2.36. The molecule has 0 spiro atoms. The van der Waals surface area contributed by atoms with E-state index in [9.17, 15) is 19.5 Å². The van der Waals surface area contributed by atoms with E-state index in [4.69, 9.17) is 16.3 Å². The predicted octanol–water partition coefficient (Wildman–Crippen LogP) is 3.79. The fourth-order valence-corrected chi connectivity index (χ4v) is 3.33. The number of amides is 4. The number of barbiturate groups is 1. The standard InChI is InChI=1S/C19H14BrClN2O5/c1-9-3-4-11(21)8-14(9)23-18(26)12(17(25)22-19(23)27)5-10-6-13(20)16(24)15(7-10)28-2/h3-8,24H,1-2H3,(H,22,25,27)/b12-5+. The fourth-order valence-electron chi connectivity index (χ4n) is 2.70. The van der Waals surface area contributed by atoms with Gasteiger partial charge in [-0.3, -0.25) is 14.9 Å². The first-order valence-electron chi connectivity index (χ1n) is 7.97. The van der Waals surface area contributed by atoms with Gasteiger partial charge in [-0.05, 0) is 64.3 Å². The first kappa shape index (κ1) is 19.9. The van der Waals surface area contributed by atoms with E-state index in [1.54, 1.807) is 19.1 Å². The average molecular weight is 466 g/mol. The third-order valence-corrected chi connectivity index (χ3v) is 4.94. The van der Waals surface area contributed by atoms with Crippen molar-refractivity contribution in [3.8, 4) is 11.5 Å². The van der Waals surface area contributed by atoms with Crippen LogP contribution < -0.4 is 15.0 Å². The van der Waals surface area contributed by atoms with E-state index in [0.717, 1.165) is 4.90 Å². The van der Waals surface area contributed by atoms with Crippen LogP contribution in [0.5, 0.6) is 11.5 Å². The number of ether oxygens (including phenoxy) is 1. The van der Waals surface area contributed by atoms with E-state index < -0.39 is 17.8 Å². The van der Waals surface area contributed by atoms with E-state index >= 15 is 0 Å². The zero-order chi connectivity index (χ0) is 20.6. The number of aromatic hydroxyl groups is 1. The Kier molecular flexibility index (Phi) is 5.44. The second kappa shape index (κ2) is 7.65. The lowest BCUT2D eigenvalue weighted by atomic mass is 10.1. The topological polar surface area (TPSA) is 95.9 Å². The number of benzene rings is 2. The zero-order valence-electron chi connectivity index (χ0n) is 14.7. The van der Waals surface area contributed by atoms with E-state index in [0.29, 0.717) is 20.6 Å². The summed E-state index contributed by atoms with van der Waals surface area (Å²) in [5, 5.41) is 12.4. The number of hydrogen-bond acceptors (Lipinski definition) is 5. The van der Waals surface area contributed by atoms with Crippen LogP contribution in [0, 0.1) is 6.92 Å². The van der Waals surface area contributed by atoms with Gasteiger partial charge in [-0.15, -0.1) is 0 Å². The van der Waals surface area contributed by atoms with Crippen molar-refractivity contribution in [2.45, 2.75) is 6.92 Å². The highest BCUT2D eigenvalue weighted by Gasteiger charge is 2.37. The average Bonchev–Trinajstić information content (AvgIpc) is 2.64. The van der Waals surface area contributed by atoms with E-state index in [2.05, 4.69) is 21.2 Å². The Bertz CT molecular complexity index is 1050. The largest absolute Gasteiger partial charge is 0.503 e. The maximum absolute atomic E-state index is 13.0. The lowest BCUT2D eigenvalue weighted by Gasteiger charge is -2.27. The summed E-state index contributed by atoms with van der Waals surface area (Å²) in [5.41, 5.74) is 1.07. The SMILES string of the molecule is COc1cc(/C=C2\C(=O)NC(=O)N(c3cc(Cl)ccc3C)C2=O)cc(Br)c1O. The number of phenols is 1. The van der Waals surface area contributed by atoms with E-state index in [1.165, 1.54) is 31.4 Å². The lowest BCUT2D eigenvalue weighted by molar-refractivity contribution is -0.122. The molecular formula is C19H14BrClN2O5. The Morgan fingerprint density at radius 3 is 2.61 bits per heavy atom. The molecule has 4 amide bonds. The molecule has 1 saturated heterocycles. The van der Waals surface area contributed by atoms with Gasteiger partial charge in [0.2, 0.25) is 0 Å². The number of anilines is 1. The molecule has 3 rings (SSSR count). The maximum atomic E-state index is 13.0. The zero-order valence-corrected chi connectivity index (χ0v) is 17.1. The van der Waals surface area contributed by atoms with Gasteiger partial charge in [-0.25, -0.2) is 9.69 Å². The first-order chi connectivity index (χ1) is 13.2. The monoisotopic (exact) mass is 464 g/mol. The first-order valence-corrected chi connectivity index (χ1v) is 9.14. The summed E-state index contributed by atoms with van der Waals surface area (Å²) >= 11 is 9.18. The fraction of sp³-hybridized carbons (Fsp3) is 0.105. The number of nitrogens with zero attached hydrogens (tertiary/aromatic N) is 1. The van der Waals surface area contributed by atoms with Crippen molar-refractivity contribution in [3.05, 3.63) is 56.5 Å². The smallest absolute Gasteiger partial charge is 0.335 e. The van der Waals surface area contributed by atoms with Gasteiger partial charge in [-0.1, -0.05) is 17.7 Å². The molecule has 0 saturated carbocycles. The molecule has 2 aromatic rings. The van der Waals surface area contributed by atoms with Crippen LogP contribution in [0.15, 0.2) is 40.4 Å². The van der Waals surface area contributed by atoms with Crippen LogP contribution >= 0.6 is 27.5 Å². The number of halogens is 2. The molecule has 2 N–H and O–H groups in total. The van der Waals surface area contributed by atoms with Gasteiger partial charge in [-0.2, -0.15) is 0 Å². The number of carbonyl (C=O) groups excluding carboxylic acids is 3. The second-order valence-electron chi connectivity index (χ2n) is 5.94. The molecule has 144 valence electrons. The van der Waals surface area contributed by atoms with Crippen LogP contribution in [0.25, 0.3) is 6.08 Å². The van der Waals surface area contributed by atoms with Crippen LogP contribution in [-0.4, -0.2) is 30.1 Å². The minimum absolute atomic E-state index is 0.115. The van der Waals surface area contributed by atoms with Crippen LogP contribution in [0.4, 0.5) is 10.5 Å². The number of phenolic OH excluding ortho intramolecular Hbond substituents is 1. The van der Waals surface area contributed by atoms with Gasteiger partial charge in [0.1, 0.15) is 5.57 Å². The molecule has 1 aliphatic rings. The third kappa shape index (κ3) is 3.61. The quantitative estimate of drug-likeness (QED) is 0.531. The molecule has 1 aliphatic heterocycles. The Morgan fingerprint density at radius 2 is 1.93 bits per heavy atom. The van der Waals surface area contributed by atoms with Crippen molar-refractivity contribution < 1.29 is 24.2 Å². The Labute approximate surface area is 173 Å². The molecule has 0 atom stereocenters. The van der Waals surface area contributed by atoms with Gasteiger partial charge in [0.15, 0.2) is 11.5 Å². The Morgan fingerprint density at radius 1 is 1.21 bits per heavy atom. The number of nitrogens with one attached hydrogen (secondary N) is 1. The third-order valence-electron chi connectivity index (χ3n) is 4.10. The van der Waals surface area contributed by atoms with Crippen molar-refractivity contribution >= 4 is 57.1 Å². The maximum Gasteiger partial charge on any atom is 0.335 e. The van der Waals surface area contributed by atoms with Crippen LogP contribution in [-0.2, 0) is 9.59 Å². The number of hydrogen-bond donors (Lipinski definition) is 2. The minimum Gasteiger partial charge on any atom is -0.503 e. The molecule has 0 bridgehead atoms. The van der Waals surface area contributed by atoms with Gasteiger partial charge < -0.3 is 9.84 Å². The Hall–Kier alpha value is -2.84. The van der Waals surface area contributed by atoms with Crippen molar-refractivity contribution in [1.29, 1.82) is 0 Å². The van der Waals surface area contributed by atoms with Crippen LogP contribution in [0.1, 0.15) is 11.1 Å². The second-order valence-corrected chi connectivity index (χ2v) is 7.23. The van der Waals surface area contributed by atoms with Crippen LogP contribution in [0.3, 0.4) is 0 Å². The summed E-state index contributed by atoms with van der Waals surface area (Å²) in [6.07, 6.45) is 1.31. The number of urea groups is 1. The number of imide groups is 2. The van der Waals surface area contributed by atoms with E-state index in [-0.39, 0.29) is 22.8 Å². The Balaban J connectivity index is 2.09. The van der Waals surface area contributed by atoms with Crippen molar-refractivity contribution in [1.82, 2.24) is 5.32 Å². The summed E-state index contributed by atoms with van der Waals surface area (Å²) in [7, 11) is 1.37. The summed E-state index contributed by atoms with van der Waals surface area (Å²) in [5.74, 6) is -1.57. The minimum atomic E-state index is -0.859. The number of carbonyl (C=O) groups is 3. The summed E-state index contributed by atoms with van der Waals surface area (Å²) in [4.78, 5) is 38.4. The van der Waals surface area contributed by atoms with Gasteiger partial charge >= 0.3 is 6.03 Å². The molecule has 0 aliphatic carbocycles. The van der Waals surface area contributed by atoms with Gasteiger partial charge in [0.25, 0.3) is 11.8 Å². The van der Waals surface area contributed by atoms with Crippen molar-refractivity contribution in [2.24, 2.45) is 0 Å². The number of aryl methyl sites for hydroxylation is 1. The summed E-state index contributed by atoms with van der Waals surface area (Å²) in [6, 6.07) is 6.88. The molecule has 28 heavy (non-hydrogen) atoms. The predicted molar refractivity (Wildman–Crippen MR) is 108 cm³/mol. The summed E-state index contributed by atoms with van der Waals surface area (Å²) < 4.78 is 5.39. The highest BCUT2D eigenvalue weighted by molar-refractivity contribution is 9.10. The highest BCUT2D eigenvalue weighted by atomic mass is 79.9. The number of methoxy groups -OCH3 is 1. The lowest BCUT2D eigenvalue weighted by Crippen LogP contribution is -2.54. The molecule has 1 fully saturated rings. The van der Waals surface area contributed by atoms with Crippen molar-refractivity contribution in [2.75, 3.05) is 12.0 Å². The molecule has 1 heterocycles. The van der Waals surface area contributed by atoms with Gasteiger partial charge in [0.05, 0.1) is 17.3 Å².